The van der Waals surface area contributed by atoms with E-state index in [2.05, 4.69) is 38.3 Å². The van der Waals surface area contributed by atoms with Crippen molar-refractivity contribution in [1.29, 1.82) is 0 Å². The van der Waals surface area contributed by atoms with Crippen molar-refractivity contribution in [2.75, 3.05) is 6.54 Å². The molecule has 0 fully saturated rings. The second kappa shape index (κ2) is 9.46. The minimum Gasteiger partial charge on any atom is -0.355 e. The van der Waals surface area contributed by atoms with Gasteiger partial charge in [-0.25, -0.2) is 0 Å². The molecule has 3 heteroatoms. The summed E-state index contributed by atoms with van der Waals surface area (Å²) in [7, 11) is 0. The molecule has 0 aromatic rings. The van der Waals surface area contributed by atoms with Crippen LogP contribution < -0.4 is 10.6 Å². The van der Waals surface area contributed by atoms with Gasteiger partial charge >= 0.3 is 0 Å². The molecule has 1 amide bonds. The summed E-state index contributed by atoms with van der Waals surface area (Å²) in [6, 6.07) is 0.289. The van der Waals surface area contributed by atoms with Crippen molar-refractivity contribution in [3.63, 3.8) is 0 Å². The van der Waals surface area contributed by atoms with Gasteiger partial charge in [-0.2, -0.15) is 0 Å². The summed E-state index contributed by atoms with van der Waals surface area (Å²) in [6.07, 6.45) is 4.59. The number of hydrogen-bond acceptors (Lipinski definition) is 2. The first kappa shape index (κ1) is 16.4. The highest BCUT2D eigenvalue weighted by Crippen LogP contribution is 2.07. The summed E-state index contributed by atoms with van der Waals surface area (Å²) >= 11 is 0. The fourth-order valence-corrected chi connectivity index (χ4v) is 1.73. The van der Waals surface area contributed by atoms with Gasteiger partial charge in [-0.3, -0.25) is 4.79 Å². The maximum atomic E-state index is 11.8. The third-order valence-corrected chi connectivity index (χ3v) is 3.48. The number of hydrogen-bond donors (Lipinski definition) is 2. The average molecular weight is 242 g/mol. The number of amides is 1. The lowest BCUT2D eigenvalue weighted by molar-refractivity contribution is -0.123. The number of carbonyl (C=O) groups is 1. The summed E-state index contributed by atoms with van der Waals surface area (Å²) in [5, 5.41) is 6.34. The molecule has 3 unspecified atom stereocenters. The number of carbonyl (C=O) groups excluding carboxylic acids is 1. The lowest BCUT2D eigenvalue weighted by Crippen LogP contribution is -2.47. The lowest BCUT2D eigenvalue weighted by Gasteiger charge is -2.24. The van der Waals surface area contributed by atoms with E-state index >= 15 is 0 Å². The van der Waals surface area contributed by atoms with Crippen LogP contribution >= 0.6 is 0 Å². The molecule has 0 aliphatic heterocycles. The molecule has 0 rings (SSSR count). The van der Waals surface area contributed by atoms with E-state index < -0.39 is 0 Å². The predicted molar refractivity (Wildman–Crippen MR) is 74.0 cm³/mol. The number of rotatable bonds is 9. The molecule has 0 heterocycles. The van der Waals surface area contributed by atoms with E-state index in [0.29, 0.717) is 12.0 Å². The second-order valence-electron chi connectivity index (χ2n) is 5.06. The average Bonchev–Trinajstić information content (AvgIpc) is 2.32. The summed E-state index contributed by atoms with van der Waals surface area (Å²) in [5.74, 6) is 0.724. The fraction of sp³-hybridized carbons (Fsp3) is 0.929. The monoisotopic (exact) mass is 242 g/mol. The van der Waals surface area contributed by atoms with E-state index in [4.69, 9.17) is 0 Å². The SMILES string of the molecule is CCCCCNC(=O)C(C)NC(C)C(C)CC. The summed E-state index contributed by atoms with van der Waals surface area (Å²) in [4.78, 5) is 11.8. The van der Waals surface area contributed by atoms with Crippen molar-refractivity contribution in [2.45, 2.75) is 72.4 Å². The molecule has 2 N–H and O–H groups in total. The first-order valence-corrected chi connectivity index (χ1v) is 7.06. The molecule has 0 saturated carbocycles. The minimum atomic E-state index is -0.0966. The largest absolute Gasteiger partial charge is 0.355 e. The van der Waals surface area contributed by atoms with Gasteiger partial charge in [0, 0.05) is 12.6 Å². The molecule has 3 nitrogen and oxygen atoms in total. The highest BCUT2D eigenvalue weighted by atomic mass is 16.2. The summed E-state index contributed by atoms with van der Waals surface area (Å²) in [5.41, 5.74) is 0. The molecule has 0 bridgehead atoms. The normalized spacial score (nSPS) is 16.3. The van der Waals surface area contributed by atoms with E-state index in [1.807, 2.05) is 6.92 Å². The van der Waals surface area contributed by atoms with Gasteiger partial charge in [0.1, 0.15) is 0 Å². The van der Waals surface area contributed by atoms with Gasteiger partial charge in [0.05, 0.1) is 6.04 Å². The second-order valence-corrected chi connectivity index (χ2v) is 5.06. The standard InChI is InChI=1S/C14H30N2O/c1-6-8-9-10-15-14(17)13(5)16-12(4)11(3)7-2/h11-13,16H,6-10H2,1-5H3,(H,15,17). The van der Waals surface area contributed by atoms with Crippen LogP contribution in [0, 0.1) is 5.92 Å². The zero-order chi connectivity index (χ0) is 13.3. The number of nitrogens with one attached hydrogen (secondary N) is 2. The Morgan fingerprint density at radius 3 is 2.29 bits per heavy atom. The smallest absolute Gasteiger partial charge is 0.236 e. The maximum absolute atomic E-state index is 11.8. The van der Waals surface area contributed by atoms with Gasteiger partial charge in [0.2, 0.25) is 5.91 Å². The van der Waals surface area contributed by atoms with Crippen LogP contribution in [0.3, 0.4) is 0 Å². The van der Waals surface area contributed by atoms with Crippen LogP contribution in [-0.4, -0.2) is 24.5 Å². The molecule has 0 aliphatic rings. The highest BCUT2D eigenvalue weighted by molar-refractivity contribution is 5.81. The van der Waals surface area contributed by atoms with E-state index in [-0.39, 0.29) is 11.9 Å². The Balaban J connectivity index is 3.80. The van der Waals surface area contributed by atoms with E-state index in [1.54, 1.807) is 0 Å². The zero-order valence-corrected chi connectivity index (χ0v) is 12.2. The summed E-state index contributed by atoms with van der Waals surface area (Å²) in [6.45, 7) is 11.4. The molecule has 0 spiro atoms. The maximum Gasteiger partial charge on any atom is 0.236 e. The van der Waals surface area contributed by atoms with Gasteiger partial charge in [-0.05, 0) is 26.2 Å². The van der Waals surface area contributed by atoms with Crippen molar-refractivity contribution < 1.29 is 4.79 Å². The van der Waals surface area contributed by atoms with Gasteiger partial charge in [0.25, 0.3) is 0 Å². The molecular formula is C14H30N2O. The predicted octanol–water partition coefficient (Wildman–Crippen LogP) is 2.71. The van der Waals surface area contributed by atoms with Crippen LogP contribution in [-0.2, 0) is 4.79 Å². The van der Waals surface area contributed by atoms with Gasteiger partial charge < -0.3 is 10.6 Å². The van der Waals surface area contributed by atoms with Crippen LogP contribution in [0.25, 0.3) is 0 Å². The third kappa shape index (κ3) is 7.37. The molecule has 0 aliphatic carbocycles. The van der Waals surface area contributed by atoms with Gasteiger partial charge in [0.15, 0.2) is 0 Å². The molecule has 3 atom stereocenters. The van der Waals surface area contributed by atoms with E-state index in [1.165, 1.54) is 12.8 Å². The number of unbranched alkanes of at least 4 members (excludes halogenated alkanes) is 2. The van der Waals surface area contributed by atoms with Crippen LogP contribution in [0.2, 0.25) is 0 Å². The van der Waals surface area contributed by atoms with Gasteiger partial charge in [-0.15, -0.1) is 0 Å². The summed E-state index contributed by atoms with van der Waals surface area (Å²) < 4.78 is 0. The Hall–Kier alpha value is -0.570. The zero-order valence-electron chi connectivity index (χ0n) is 12.2. The molecule has 102 valence electrons. The molecular weight excluding hydrogens is 212 g/mol. The first-order valence-electron chi connectivity index (χ1n) is 7.06. The van der Waals surface area contributed by atoms with Crippen molar-refractivity contribution in [3.8, 4) is 0 Å². The van der Waals surface area contributed by atoms with Crippen LogP contribution in [0.5, 0.6) is 0 Å². The quantitative estimate of drug-likeness (QED) is 0.610. The Labute approximate surface area is 107 Å². The van der Waals surface area contributed by atoms with Crippen molar-refractivity contribution in [2.24, 2.45) is 5.92 Å². The minimum absolute atomic E-state index is 0.0966. The molecule has 17 heavy (non-hydrogen) atoms. The highest BCUT2D eigenvalue weighted by Gasteiger charge is 2.17. The van der Waals surface area contributed by atoms with Crippen LogP contribution in [0.15, 0.2) is 0 Å². The van der Waals surface area contributed by atoms with Crippen LogP contribution in [0.1, 0.15) is 60.3 Å². The molecule has 0 aromatic carbocycles. The topological polar surface area (TPSA) is 41.1 Å². The van der Waals surface area contributed by atoms with E-state index in [9.17, 15) is 4.79 Å². The van der Waals surface area contributed by atoms with Gasteiger partial charge in [-0.1, -0.05) is 40.0 Å². The Bertz CT molecular complexity index is 206. The lowest BCUT2D eigenvalue weighted by atomic mass is 10.00. The molecule has 0 saturated heterocycles. The molecule has 0 aromatic heterocycles. The Morgan fingerprint density at radius 2 is 1.76 bits per heavy atom. The Kier molecular flexibility index (Phi) is 9.14. The van der Waals surface area contributed by atoms with Crippen LogP contribution in [0.4, 0.5) is 0 Å². The van der Waals surface area contributed by atoms with Crippen molar-refractivity contribution >= 4 is 5.91 Å². The third-order valence-electron chi connectivity index (χ3n) is 3.48. The molecule has 0 radical (unpaired) electrons. The van der Waals surface area contributed by atoms with Crippen molar-refractivity contribution in [1.82, 2.24) is 10.6 Å². The first-order chi connectivity index (χ1) is 8.02. The fourth-order valence-electron chi connectivity index (χ4n) is 1.73. The Morgan fingerprint density at radius 1 is 1.12 bits per heavy atom. The van der Waals surface area contributed by atoms with Crippen molar-refractivity contribution in [3.05, 3.63) is 0 Å². The van der Waals surface area contributed by atoms with E-state index in [0.717, 1.165) is 19.4 Å².